The topological polar surface area (TPSA) is 66.4 Å². The summed E-state index contributed by atoms with van der Waals surface area (Å²) in [6, 6.07) is 11.1. The van der Waals surface area contributed by atoms with E-state index in [-0.39, 0.29) is 12.3 Å². The van der Waals surface area contributed by atoms with Crippen LogP contribution in [0.25, 0.3) is 0 Å². The van der Waals surface area contributed by atoms with E-state index in [1.165, 1.54) is 0 Å². The Labute approximate surface area is 143 Å². The lowest BCUT2D eigenvalue weighted by Crippen LogP contribution is -2.30. The van der Waals surface area contributed by atoms with Crippen LogP contribution in [-0.4, -0.2) is 23.2 Å². The Morgan fingerprint density at radius 2 is 2.00 bits per heavy atom. The highest BCUT2D eigenvalue weighted by Crippen LogP contribution is 2.21. The first-order chi connectivity index (χ1) is 11.1. The monoisotopic (exact) mass is 349 g/mol. The molecule has 0 fully saturated rings. The Balaban J connectivity index is 1.99. The minimum atomic E-state index is -0.928. The lowest BCUT2D eigenvalue weighted by molar-refractivity contribution is -0.137. The number of carboxylic acid groups (broad SMARTS) is 1. The number of rotatable bonds is 8. The Bertz CT molecular complexity index is 638. The van der Waals surface area contributed by atoms with Crippen LogP contribution in [0.3, 0.4) is 0 Å². The number of aliphatic carboxylic acids is 1. The van der Waals surface area contributed by atoms with Gasteiger partial charge >= 0.3 is 5.97 Å². The first kappa shape index (κ1) is 17.6. The van der Waals surface area contributed by atoms with E-state index in [0.29, 0.717) is 12.8 Å². The fourth-order valence-corrected chi connectivity index (χ4v) is 3.34. The Kier molecular flexibility index (Phi) is 6.67. The quantitative estimate of drug-likeness (QED) is 0.713. The van der Waals surface area contributed by atoms with Crippen molar-refractivity contribution in [2.75, 3.05) is 6.26 Å². The van der Waals surface area contributed by atoms with Crippen molar-refractivity contribution in [2.24, 2.45) is 0 Å². The Morgan fingerprint density at radius 1 is 1.26 bits per heavy atom. The summed E-state index contributed by atoms with van der Waals surface area (Å²) in [5.74, 6) is -1.05. The number of carboxylic acids is 1. The second kappa shape index (κ2) is 8.74. The van der Waals surface area contributed by atoms with E-state index in [4.69, 9.17) is 5.11 Å². The molecule has 0 saturated carbocycles. The minimum absolute atomic E-state index is 0.122. The third-order valence-corrected chi connectivity index (χ3v) is 5.09. The molecule has 1 atom stereocenters. The van der Waals surface area contributed by atoms with Gasteiger partial charge in [-0.25, -0.2) is 0 Å². The molecular weight excluding hydrogens is 330 g/mol. The summed E-state index contributed by atoms with van der Waals surface area (Å²) in [5, 5.41) is 13.9. The molecule has 0 saturated heterocycles. The van der Waals surface area contributed by atoms with Crippen molar-refractivity contribution in [2.45, 2.75) is 30.2 Å². The van der Waals surface area contributed by atoms with Crippen molar-refractivity contribution in [3.05, 3.63) is 52.2 Å². The number of nitrogens with one attached hydrogen (secondary N) is 1. The van der Waals surface area contributed by atoms with Crippen molar-refractivity contribution in [1.29, 1.82) is 0 Å². The van der Waals surface area contributed by atoms with Crippen LogP contribution in [0.1, 0.15) is 29.3 Å². The summed E-state index contributed by atoms with van der Waals surface area (Å²) >= 11 is 3.24. The molecule has 0 aliphatic carbocycles. The summed E-state index contributed by atoms with van der Waals surface area (Å²) in [6.45, 7) is 0. The molecule has 1 unspecified atom stereocenters. The van der Waals surface area contributed by atoms with Gasteiger partial charge in [0.15, 0.2) is 0 Å². The molecule has 1 amide bonds. The summed E-state index contributed by atoms with van der Waals surface area (Å²) in [6.07, 6.45) is 2.90. The summed E-state index contributed by atoms with van der Waals surface area (Å²) in [5.41, 5.74) is 0.815. The van der Waals surface area contributed by atoms with Crippen LogP contribution in [0.5, 0.6) is 0 Å². The van der Waals surface area contributed by atoms with Gasteiger partial charge in [0.1, 0.15) is 0 Å². The molecule has 4 nitrogen and oxygen atoms in total. The lowest BCUT2D eigenvalue weighted by Gasteiger charge is -2.17. The predicted octanol–water partition coefficient (Wildman–Crippen LogP) is 3.73. The fraction of sp³-hybridized carbons (Fsp3) is 0.294. The molecule has 0 radical (unpaired) electrons. The van der Waals surface area contributed by atoms with Crippen molar-refractivity contribution in [1.82, 2.24) is 5.32 Å². The molecule has 0 spiro atoms. The standard InChI is InChI=1S/C17H19NO3S2/c1-22-13-6-4-12(5-7-13)15(11-17(20)21)18-16(19)9-8-14-3-2-10-23-14/h2-7,10,15H,8-9,11H2,1H3,(H,18,19)(H,20,21). The molecule has 2 N–H and O–H groups in total. The lowest BCUT2D eigenvalue weighted by atomic mass is 10.0. The van der Waals surface area contributed by atoms with Gasteiger partial charge in [0.05, 0.1) is 12.5 Å². The van der Waals surface area contributed by atoms with E-state index in [1.807, 2.05) is 48.0 Å². The van der Waals surface area contributed by atoms with E-state index in [9.17, 15) is 9.59 Å². The fourth-order valence-electron chi connectivity index (χ4n) is 2.22. The molecule has 122 valence electrons. The zero-order valence-corrected chi connectivity index (χ0v) is 14.5. The van der Waals surface area contributed by atoms with Gasteiger partial charge in [0, 0.05) is 16.2 Å². The summed E-state index contributed by atoms with van der Waals surface area (Å²) in [7, 11) is 0. The Morgan fingerprint density at radius 3 is 2.57 bits per heavy atom. The smallest absolute Gasteiger partial charge is 0.305 e. The highest BCUT2D eigenvalue weighted by Gasteiger charge is 2.18. The number of aryl methyl sites for hydroxylation is 1. The third-order valence-electron chi connectivity index (χ3n) is 3.41. The number of hydrogen-bond acceptors (Lipinski definition) is 4. The van der Waals surface area contributed by atoms with Gasteiger partial charge in [-0.3, -0.25) is 9.59 Å². The molecule has 1 heterocycles. The predicted molar refractivity (Wildman–Crippen MR) is 94.0 cm³/mol. The average Bonchev–Trinajstić information content (AvgIpc) is 3.05. The molecule has 2 aromatic rings. The number of hydrogen-bond donors (Lipinski definition) is 2. The van der Waals surface area contributed by atoms with Gasteiger partial charge in [0.25, 0.3) is 0 Å². The number of thioether (sulfide) groups is 1. The normalized spacial score (nSPS) is 11.9. The van der Waals surface area contributed by atoms with E-state index in [0.717, 1.165) is 15.3 Å². The van der Waals surface area contributed by atoms with Gasteiger partial charge < -0.3 is 10.4 Å². The maximum atomic E-state index is 12.1. The number of thiophene rings is 1. The van der Waals surface area contributed by atoms with Crippen LogP contribution in [-0.2, 0) is 16.0 Å². The molecule has 0 aliphatic heterocycles. The molecule has 23 heavy (non-hydrogen) atoms. The SMILES string of the molecule is CSc1ccc(C(CC(=O)O)NC(=O)CCc2cccs2)cc1. The highest BCUT2D eigenvalue weighted by atomic mass is 32.2. The summed E-state index contributed by atoms with van der Waals surface area (Å²) < 4.78 is 0. The van der Waals surface area contributed by atoms with Gasteiger partial charge in [0.2, 0.25) is 5.91 Å². The van der Waals surface area contributed by atoms with Crippen LogP contribution in [0.2, 0.25) is 0 Å². The van der Waals surface area contributed by atoms with Crippen molar-refractivity contribution in [3.63, 3.8) is 0 Å². The first-order valence-corrected chi connectivity index (χ1v) is 9.36. The van der Waals surface area contributed by atoms with Crippen LogP contribution in [0.15, 0.2) is 46.7 Å². The number of amides is 1. The van der Waals surface area contributed by atoms with E-state index in [2.05, 4.69) is 5.32 Å². The largest absolute Gasteiger partial charge is 0.481 e. The summed E-state index contributed by atoms with van der Waals surface area (Å²) in [4.78, 5) is 25.5. The van der Waals surface area contributed by atoms with Crippen molar-refractivity contribution < 1.29 is 14.7 Å². The van der Waals surface area contributed by atoms with E-state index in [1.54, 1.807) is 23.1 Å². The Hall–Kier alpha value is -1.79. The van der Waals surface area contributed by atoms with Crippen LogP contribution in [0.4, 0.5) is 0 Å². The molecule has 0 bridgehead atoms. The van der Waals surface area contributed by atoms with Crippen LogP contribution in [0, 0.1) is 0 Å². The van der Waals surface area contributed by atoms with Gasteiger partial charge in [-0.1, -0.05) is 18.2 Å². The van der Waals surface area contributed by atoms with Gasteiger partial charge in [-0.15, -0.1) is 23.1 Å². The number of carbonyl (C=O) groups is 2. The molecule has 6 heteroatoms. The van der Waals surface area contributed by atoms with Crippen molar-refractivity contribution >= 4 is 35.0 Å². The zero-order valence-electron chi connectivity index (χ0n) is 12.8. The third kappa shape index (κ3) is 5.73. The van der Waals surface area contributed by atoms with Crippen LogP contribution >= 0.6 is 23.1 Å². The molecule has 2 rings (SSSR count). The number of carbonyl (C=O) groups excluding carboxylic acids is 1. The van der Waals surface area contributed by atoms with Gasteiger partial charge in [-0.2, -0.15) is 0 Å². The maximum Gasteiger partial charge on any atom is 0.305 e. The van der Waals surface area contributed by atoms with Crippen molar-refractivity contribution in [3.8, 4) is 0 Å². The maximum absolute atomic E-state index is 12.1. The first-order valence-electron chi connectivity index (χ1n) is 7.26. The van der Waals surface area contributed by atoms with E-state index >= 15 is 0 Å². The van der Waals surface area contributed by atoms with Gasteiger partial charge in [-0.05, 0) is 41.8 Å². The number of benzene rings is 1. The molecule has 1 aromatic heterocycles. The molecule has 1 aromatic carbocycles. The molecule has 0 aliphatic rings. The van der Waals surface area contributed by atoms with E-state index < -0.39 is 12.0 Å². The average molecular weight is 349 g/mol. The second-order valence-electron chi connectivity index (χ2n) is 5.07. The highest BCUT2D eigenvalue weighted by molar-refractivity contribution is 7.98. The zero-order chi connectivity index (χ0) is 16.7. The minimum Gasteiger partial charge on any atom is -0.481 e. The van der Waals surface area contributed by atoms with Crippen LogP contribution < -0.4 is 5.32 Å². The molecular formula is C17H19NO3S2. The second-order valence-corrected chi connectivity index (χ2v) is 6.98.